The molecule has 0 saturated heterocycles. The van der Waals surface area contributed by atoms with Crippen molar-refractivity contribution in [1.82, 2.24) is 29.4 Å². The van der Waals surface area contributed by atoms with E-state index in [2.05, 4.69) is 20.2 Å². The molecule has 0 aliphatic carbocycles. The fourth-order valence-electron chi connectivity index (χ4n) is 3.53. The number of esters is 1. The number of fused-ring (bicyclic) bond motifs is 1. The number of carbonyl (C=O) groups is 1. The molecule has 1 unspecified atom stereocenters. The number of hydrogen-bond acceptors (Lipinski definition) is 6. The predicted octanol–water partition coefficient (Wildman–Crippen LogP) is 3.53. The topological polar surface area (TPSA) is 87.2 Å². The lowest BCUT2D eigenvalue weighted by molar-refractivity contribution is -0.150. The van der Waals surface area contributed by atoms with Crippen LogP contribution < -0.4 is 0 Å². The van der Waals surface area contributed by atoms with Crippen LogP contribution in [0.5, 0.6) is 0 Å². The van der Waals surface area contributed by atoms with Gasteiger partial charge < -0.3 is 4.74 Å². The molecule has 0 fully saturated rings. The number of nitrogens with zero attached hydrogens (tertiary/aromatic N) is 6. The molecule has 0 aliphatic heterocycles. The van der Waals surface area contributed by atoms with Gasteiger partial charge in [0.15, 0.2) is 5.65 Å². The van der Waals surface area contributed by atoms with Crippen LogP contribution in [-0.2, 0) is 27.7 Å². The van der Waals surface area contributed by atoms with Crippen molar-refractivity contribution < 1.29 is 22.7 Å². The van der Waals surface area contributed by atoms with Gasteiger partial charge in [0.25, 0.3) is 0 Å². The van der Waals surface area contributed by atoms with Gasteiger partial charge in [-0.3, -0.25) is 9.48 Å². The third-order valence-corrected chi connectivity index (χ3v) is 5.16. The molecule has 0 saturated carbocycles. The summed E-state index contributed by atoms with van der Waals surface area (Å²) < 4.78 is 47.1. The second kappa shape index (κ2) is 8.06. The van der Waals surface area contributed by atoms with Crippen LogP contribution in [0.2, 0.25) is 0 Å². The molecule has 3 heterocycles. The lowest BCUT2D eigenvalue weighted by Gasteiger charge is -2.27. The second-order valence-corrected chi connectivity index (χ2v) is 7.34. The zero-order valence-electron chi connectivity index (χ0n) is 17.2. The minimum absolute atomic E-state index is 0.139. The van der Waals surface area contributed by atoms with Gasteiger partial charge in [-0.25, -0.2) is 14.5 Å². The molecule has 4 aromatic rings. The van der Waals surface area contributed by atoms with Crippen LogP contribution in [-0.4, -0.2) is 41.9 Å². The van der Waals surface area contributed by atoms with Crippen LogP contribution in [0.15, 0.2) is 55.4 Å². The number of carbonyl (C=O) groups excluding carboxylic acids is 1. The summed E-state index contributed by atoms with van der Waals surface area (Å²) in [5.41, 5.74) is 0.0216. The first-order valence-corrected chi connectivity index (χ1v) is 9.74. The maximum Gasteiger partial charge on any atom is 0.416 e. The zero-order valence-corrected chi connectivity index (χ0v) is 17.2. The quantitative estimate of drug-likeness (QED) is 0.423. The van der Waals surface area contributed by atoms with Crippen LogP contribution in [0.25, 0.3) is 16.8 Å². The first kappa shape index (κ1) is 21.5. The van der Waals surface area contributed by atoms with E-state index in [4.69, 9.17) is 4.74 Å². The van der Waals surface area contributed by atoms with E-state index in [1.165, 1.54) is 46.4 Å². The third kappa shape index (κ3) is 3.81. The van der Waals surface area contributed by atoms with E-state index in [1.54, 1.807) is 19.9 Å². The minimum atomic E-state index is -4.42. The van der Waals surface area contributed by atoms with Gasteiger partial charge in [-0.05, 0) is 37.6 Å². The highest BCUT2D eigenvalue weighted by Crippen LogP contribution is 2.33. The average molecular weight is 444 g/mol. The van der Waals surface area contributed by atoms with Crippen LogP contribution in [0, 0.1) is 0 Å². The van der Waals surface area contributed by atoms with Crippen molar-refractivity contribution in [2.45, 2.75) is 32.0 Å². The Hall–Kier alpha value is -3.76. The summed E-state index contributed by atoms with van der Waals surface area (Å²) in [4.78, 5) is 21.3. The first-order valence-electron chi connectivity index (χ1n) is 9.74. The van der Waals surface area contributed by atoms with Crippen molar-refractivity contribution in [1.29, 1.82) is 0 Å². The molecule has 1 atom stereocenters. The number of rotatable bonds is 6. The van der Waals surface area contributed by atoms with Gasteiger partial charge in [0, 0.05) is 11.8 Å². The van der Waals surface area contributed by atoms with Crippen molar-refractivity contribution in [2.24, 2.45) is 0 Å². The van der Waals surface area contributed by atoms with Crippen molar-refractivity contribution in [2.75, 3.05) is 6.61 Å². The molecule has 3 aromatic heterocycles. The average Bonchev–Trinajstić information content (AvgIpc) is 3.42. The molecule has 166 valence electrons. The Morgan fingerprint density at radius 1 is 1.12 bits per heavy atom. The normalized spacial score (nSPS) is 13.8. The highest BCUT2D eigenvalue weighted by atomic mass is 19.4. The van der Waals surface area contributed by atoms with Gasteiger partial charge in [-0.2, -0.15) is 23.4 Å². The maximum atomic E-state index is 13.0. The lowest BCUT2D eigenvalue weighted by atomic mass is 9.86. The Balaban J connectivity index is 1.81. The highest BCUT2D eigenvalue weighted by Gasteiger charge is 2.40. The van der Waals surface area contributed by atoms with E-state index >= 15 is 0 Å². The largest absolute Gasteiger partial charge is 0.465 e. The smallest absolute Gasteiger partial charge is 0.416 e. The molecule has 1 aromatic carbocycles. The van der Waals surface area contributed by atoms with Gasteiger partial charge in [-0.15, -0.1) is 0 Å². The molecule has 4 rings (SSSR count). The molecule has 32 heavy (non-hydrogen) atoms. The summed E-state index contributed by atoms with van der Waals surface area (Å²) >= 11 is 0. The zero-order chi connectivity index (χ0) is 22.9. The number of aromatic nitrogens is 6. The molecule has 0 bridgehead atoms. The molecule has 11 heteroatoms. The van der Waals surface area contributed by atoms with Crippen molar-refractivity contribution in [3.8, 4) is 11.1 Å². The Bertz CT molecular complexity index is 1230. The molecule has 0 radical (unpaired) electrons. The summed E-state index contributed by atoms with van der Waals surface area (Å²) in [5, 5.41) is 8.47. The molecular weight excluding hydrogens is 425 g/mol. The number of ether oxygens (including phenoxy) is 1. The predicted molar refractivity (Wildman–Crippen MR) is 107 cm³/mol. The molecule has 8 nitrogen and oxygen atoms in total. The van der Waals surface area contributed by atoms with Crippen LogP contribution in [0.3, 0.4) is 0 Å². The summed E-state index contributed by atoms with van der Waals surface area (Å²) in [6.45, 7) is 3.75. The standard InChI is InChI=1S/C21H19F3N6O2/c1-3-32-19(31)20(2,11-29-13-25-12-28-29)17-8-9-26-18-16(10-27-30(17)18)14-4-6-15(7-5-14)21(22,23)24/h4-10,12-13H,3,11H2,1-2H3. The highest BCUT2D eigenvalue weighted by molar-refractivity contribution is 5.83. The van der Waals surface area contributed by atoms with E-state index in [0.717, 1.165) is 12.1 Å². The van der Waals surface area contributed by atoms with E-state index in [1.807, 2.05) is 0 Å². The molecule has 0 amide bonds. The van der Waals surface area contributed by atoms with E-state index in [9.17, 15) is 18.0 Å². The number of benzene rings is 1. The summed E-state index contributed by atoms with van der Waals surface area (Å²) in [6.07, 6.45) is 1.47. The Kier molecular flexibility index (Phi) is 5.41. The van der Waals surface area contributed by atoms with Gasteiger partial charge in [0.05, 0.1) is 30.6 Å². The van der Waals surface area contributed by atoms with E-state index in [0.29, 0.717) is 22.5 Å². The van der Waals surface area contributed by atoms with Crippen LogP contribution in [0.4, 0.5) is 13.2 Å². The summed E-state index contributed by atoms with van der Waals surface area (Å²) in [7, 11) is 0. The monoisotopic (exact) mass is 444 g/mol. The Morgan fingerprint density at radius 2 is 1.88 bits per heavy atom. The van der Waals surface area contributed by atoms with Gasteiger partial charge in [-0.1, -0.05) is 12.1 Å². The number of halogens is 3. The van der Waals surface area contributed by atoms with Crippen molar-refractivity contribution >= 4 is 11.6 Å². The van der Waals surface area contributed by atoms with E-state index < -0.39 is 23.1 Å². The molecule has 0 spiro atoms. The SMILES string of the molecule is CCOC(=O)C(C)(Cn1cncn1)c1ccnc2c(-c3ccc(C(F)(F)F)cc3)cnn12. The van der Waals surface area contributed by atoms with Crippen LogP contribution in [0.1, 0.15) is 25.1 Å². The second-order valence-electron chi connectivity index (χ2n) is 7.34. The number of hydrogen-bond donors (Lipinski definition) is 0. The third-order valence-electron chi connectivity index (χ3n) is 5.16. The van der Waals surface area contributed by atoms with Gasteiger partial charge in [0.1, 0.15) is 18.1 Å². The fraction of sp³-hybridized carbons (Fsp3) is 0.286. The summed E-state index contributed by atoms with van der Waals surface area (Å²) in [6, 6.07) is 6.42. The summed E-state index contributed by atoms with van der Waals surface area (Å²) in [5.74, 6) is -0.477. The maximum absolute atomic E-state index is 13.0. The number of alkyl halides is 3. The fourth-order valence-corrected chi connectivity index (χ4v) is 3.53. The van der Waals surface area contributed by atoms with E-state index in [-0.39, 0.29) is 13.2 Å². The molecule has 0 aliphatic rings. The van der Waals surface area contributed by atoms with Crippen molar-refractivity contribution in [3.05, 3.63) is 66.6 Å². The van der Waals surface area contributed by atoms with Crippen LogP contribution >= 0.6 is 0 Å². The first-order chi connectivity index (χ1) is 15.2. The van der Waals surface area contributed by atoms with Gasteiger partial charge in [0.2, 0.25) is 0 Å². The molecule has 0 N–H and O–H groups in total. The Labute approximate surface area is 180 Å². The lowest BCUT2D eigenvalue weighted by Crippen LogP contribution is -2.40. The van der Waals surface area contributed by atoms with Gasteiger partial charge >= 0.3 is 12.1 Å². The molecular formula is C21H19F3N6O2. The minimum Gasteiger partial charge on any atom is -0.465 e. The Morgan fingerprint density at radius 3 is 2.50 bits per heavy atom. The van der Waals surface area contributed by atoms with Crippen molar-refractivity contribution in [3.63, 3.8) is 0 Å².